The molecule has 22 heavy (non-hydrogen) atoms. The van der Waals surface area contributed by atoms with Crippen molar-refractivity contribution >= 4 is 17.5 Å². The Hall–Kier alpha value is -2.90. The zero-order valence-electron chi connectivity index (χ0n) is 12.5. The molecule has 0 atom stereocenters. The van der Waals surface area contributed by atoms with Crippen molar-refractivity contribution in [3.05, 3.63) is 45.1 Å². The maximum Gasteiger partial charge on any atom is 0.359 e. The first-order chi connectivity index (χ1) is 10.4. The third-order valence-corrected chi connectivity index (χ3v) is 3.19. The van der Waals surface area contributed by atoms with Crippen molar-refractivity contribution in [2.24, 2.45) is 0 Å². The second-order valence-electron chi connectivity index (χ2n) is 4.74. The summed E-state index contributed by atoms with van der Waals surface area (Å²) in [7, 11) is 0. The van der Waals surface area contributed by atoms with E-state index in [1.54, 1.807) is 32.9 Å². The molecular formula is C14H16N4O4. The number of aryl methyl sites for hydroxylation is 1. The Morgan fingerprint density at radius 3 is 2.73 bits per heavy atom. The predicted molar refractivity (Wildman–Crippen MR) is 80.1 cm³/mol. The number of esters is 1. The number of nitro benzene ring substituents is 1. The van der Waals surface area contributed by atoms with E-state index >= 15 is 0 Å². The van der Waals surface area contributed by atoms with Crippen molar-refractivity contribution in [3.8, 4) is 5.69 Å². The molecule has 0 bridgehead atoms. The lowest BCUT2D eigenvalue weighted by molar-refractivity contribution is -0.384. The third-order valence-electron chi connectivity index (χ3n) is 3.19. The van der Waals surface area contributed by atoms with Gasteiger partial charge in [0.05, 0.1) is 11.5 Å². The number of rotatable bonds is 4. The van der Waals surface area contributed by atoms with Crippen LogP contribution >= 0.6 is 0 Å². The van der Waals surface area contributed by atoms with E-state index in [-0.39, 0.29) is 29.5 Å². The van der Waals surface area contributed by atoms with Crippen LogP contribution in [-0.2, 0) is 4.74 Å². The van der Waals surface area contributed by atoms with E-state index in [9.17, 15) is 14.9 Å². The monoisotopic (exact) mass is 304 g/mol. The minimum Gasteiger partial charge on any atom is -0.461 e. The molecule has 0 spiro atoms. The van der Waals surface area contributed by atoms with E-state index in [2.05, 4.69) is 5.10 Å². The Bertz CT molecular complexity index is 752. The maximum atomic E-state index is 11.8. The smallest absolute Gasteiger partial charge is 0.359 e. The van der Waals surface area contributed by atoms with Gasteiger partial charge in [-0.3, -0.25) is 10.1 Å². The van der Waals surface area contributed by atoms with Gasteiger partial charge in [-0.25, -0.2) is 9.48 Å². The number of ether oxygens (including phenoxy) is 1. The minimum atomic E-state index is -0.611. The number of nitrogens with zero attached hydrogens (tertiary/aromatic N) is 3. The summed E-state index contributed by atoms with van der Waals surface area (Å²) in [6.45, 7) is 5.25. The number of hydrogen-bond donors (Lipinski definition) is 1. The van der Waals surface area contributed by atoms with Crippen molar-refractivity contribution in [2.75, 3.05) is 12.3 Å². The molecular weight excluding hydrogens is 288 g/mol. The zero-order valence-corrected chi connectivity index (χ0v) is 12.5. The van der Waals surface area contributed by atoms with Gasteiger partial charge >= 0.3 is 5.97 Å². The molecule has 2 N–H and O–H groups in total. The largest absolute Gasteiger partial charge is 0.461 e. The first kappa shape index (κ1) is 15.5. The van der Waals surface area contributed by atoms with Gasteiger partial charge in [-0.2, -0.15) is 5.10 Å². The average molecular weight is 304 g/mol. The van der Waals surface area contributed by atoms with Gasteiger partial charge in [-0.1, -0.05) is 6.07 Å². The molecule has 0 aliphatic carbocycles. The number of aromatic nitrogens is 2. The van der Waals surface area contributed by atoms with Crippen molar-refractivity contribution < 1.29 is 14.5 Å². The lowest BCUT2D eigenvalue weighted by Gasteiger charge is -2.06. The van der Waals surface area contributed by atoms with Crippen LogP contribution in [0.4, 0.5) is 11.5 Å². The van der Waals surface area contributed by atoms with E-state index in [1.807, 2.05) is 0 Å². The van der Waals surface area contributed by atoms with Crippen molar-refractivity contribution in [1.29, 1.82) is 0 Å². The van der Waals surface area contributed by atoms with Gasteiger partial charge in [0.25, 0.3) is 5.69 Å². The molecule has 0 unspecified atom stereocenters. The van der Waals surface area contributed by atoms with Gasteiger partial charge in [0, 0.05) is 11.6 Å². The van der Waals surface area contributed by atoms with Crippen molar-refractivity contribution in [2.45, 2.75) is 20.8 Å². The number of anilines is 1. The summed E-state index contributed by atoms with van der Waals surface area (Å²) in [5.74, 6) is -0.449. The number of nitrogen functional groups attached to an aromatic ring is 1. The zero-order chi connectivity index (χ0) is 16.4. The van der Waals surface area contributed by atoms with Gasteiger partial charge in [0.1, 0.15) is 11.5 Å². The number of carbonyl (C=O) groups is 1. The fraction of sp³-hybridized carbons (Fsp3) is 0.286. The predicted octanol–water partition coefficient (Wildman–Crippen LogP) is 2.16. The first-order valence-corrected chi connectivity index (χ1v) is 6.64. The van der Waals surface area contributed by atoms with E-state index in [0.29, 0.717) is 5.56 Å². The number of carbonyl (C=O) groups excluding carboxylic acids is 1. The van der Waals surface area contributed by atoms with Gasteiger partial charge in [0.2, 0.25) is 0 Å². The van der Waals surface area contributed by atoms with Crippen LogP contribution in [0.3, 0.4) is 0 Å². The average Bonchev–Trinajstić information content (AvgIpc) is 2.76. The molecule has 8 heteroatoms. The molecule has 0 saturated heterocycles. The summed E-state index contributed by atoms with van der Waals surface area (Å²) in [6, 6.07) is 4.68. The van der Waals surface area contributed by atoms with Crippen LogP contribution in [0.15, 0.2) is 18.2 Å². The maximum absolute atomic E-state index is 11.8. The fourth-order valence-corrected chi connectivity index (χ4v) is 2.04. The standard InChI is InChI=1S/C14H16N4O4/c1-4-22-14(19)12-9(3)13(15)17(16-12)10-6-5-8(2)7-11(10)18(20)21/h5-7H,4,15H2,1-3H3. The highest BCUT2D eigenvalue weighted by atomic mass is 16.6. The number of hydrogen-bond acceptors (Lipinski definition) is 6. The van der Waals surface area contributed by atoms with Crippen LogP contribution in [0.1, 0.15) is 28.5 Å². The van der Waals surface area contributed by atoms with Gasteiger partial charge in [-0.05, 0) is 32.4 Å². The van der Waals surface area contributed by atoms with Crippen LogP contribution in [0.25, 0.3) is 5.69 Å². The van der Waals surface area contributed by atoms with E-state index in [1.165, 1.54) is 10.7 Å². The minimum absolute atomic E-state index is 0.0502. The summed E-state index contributed by atoms with van der Waals surface area (Å²) in [5, 5.41) is 15.3. The Balaban J connectivity index is 2.62. The summed E-state index contributed by atoms with van der Waals surface area (Å²) < 4.78 is 6.10. The van der Waals surface area contributed by atoms with E-state index < -0.39 is 10.9 Å². The summed E-state index contributed by atoms with van der Waals surface area (Å²) in [5.41, 5.74) is 7.23. The van der Waals surface area contributed by atoms with Gasteiger partial charge < -0.3 is 10.5 Å². The molecule has 0 fully saturated rings. The number of nitrogens with two attached hydrogens (primary N) is 1. The molecule has 1 aromatic carbocycles. The molecule has 0 aliphatic rings. The van der Waals surface area contributed by atoms with Crippen LogP contribution in [0.5, 0.6) is 0 Å². The molecule has 0 aliphatic heterocycles. The molecule has 0 saturated carbocycles. The van der Waals surface area contributed by atoms with Crippen molar-refractivity contribution in [1.82, 2.24) is 9.78 Å². The van der Waals surface area contributed by atoms with Crippen LogP contribution in [-0.4, -0.2) is 27.3 Å². The quantitative estimate of drug-likeness (QED) is 0.526. The van der Waals surface area contributed by atoms with E-state index in [4.69, 9.17) is 10.5 Å². The Morgan fingerprint density at radius 1 is 1.45 bits per heavy atom. The lowest BCUT2D eigenvalue weighted by atomic mass is 10.2. The third kappa shape index (κ3) is 2.62. The molecule has 8 nitrogen and oxygen atoms in total. The summed E-state index contributed by atoms with van der Waals surface area (Å²) in [4.78, 5) is 22.6. The second kappa shape index (κ2) is 5.84. The van der Waals surface area contributed by atoms with Crippen molar-refractivity contribution in [3.63, 3.8) is 0 Å². The molecule has 116 valence electrons. The van der Waals surface area contributed by atoms with Crippen LogP contribution in [0.2, 0.25) is 0 Å². The Kier molecular flexibility index (Phi) is 4.11. The summed E-state index contributed by atoms with van der Waals surface area (Å²) >= 11 is 0. The Labute approximate surface area is 126 Å². The first-order valence-electron chi connectivity index (χ1n) is 6.64. The highest BCUT2D eigenvalue weighted by Gasteiger charge is 2.24. The Morgan fingerprint density at radius 2 is 2.14 bits per heavy atom. The molecule has 0 amide bonds. The van der Waals surface area contributed by atoms with Crippen LogP contribution < -0.4 is 5.73 Å². The number of nitro groups is 1. The highest BCUT2D eigenvalue weighted by molar-refractivity contribution is 5.90. The molecule has 1 heterocycles. The molecule has 2 rings (SSSR count). The molecule has 2 aromatic rings. The highest BCUT2D eigenvalue weighted by Crippen LogP contribution is 2.28. The molecule has 1 aromatic heterocycles. The topological polar surface area (TPSA) is 113 Å². The summed E-state index contributed by atoms with van der Waals surface area (Å²) in [6.07, 6.45) is 0. The SMILES string of the molecule is CCOC(=O)c1nn(-c2ccc(C)cc2[N+](=O)[O-])c(N)c1C. The fourth-order valence-electron chi connectivity index (χ4n) is 2.04. The second-order valence-corrected chi connectivity index (χ2v) is 4.74. The van der Waals surface area contributed by atoms with Gasteiger partial charge in [0.15, 0.2) is 5.69 Å². The number of benzene rings is 1. The van der Waals surface area contributed by atoms with E-state index in [0.717, 1.165) is 5.56 Å². The lowest BCUT2D eigenvalue weighted by Crippen LogP contribution is -2.08. The van der Waals surface area contributed by atoms with Crippen LogP contribution in [0, 0.1) is 24.0 Å². The normalized spacial score (nSPS) is 10.5. The van der Waals surface area contributed by atoms with Gasteiger partial charge in [-0.15, -0.1) is 0 Å². The molecule has 0 radical (unpaired) electrons.